The summed E-state index contributed by atoms with van der Waals surface area (Å²) in [5.74, 6) is -0.141. The summed E-state index contributed by atoms with van der Waals surface area (Å²) in [5, 5.41) is 13.8. The van der Waals surface area contributed by atoms with E-state index in [4.69, 9.17) is 0 Å². The molecule has 0 bridgehead atoms. The van der Waals surface area contributed by atoms with Crippen LogP contribution in [-0.2, 0) is 7.05 Å². The topological polar surface area (TPSA) is 71.8 Å². The molecular formula is C11H19N5O. The largest absolute Gasteiger partial charge is 0.350 e. The molecule has 1 aromatic rings. The summed E-state index contributed by atoms with van der Waals surface area (Å²) in [6, 6.07) is 0. The molecule has 0 atom stereocenters. The van der Waals surface area contributed by atoms with Crippen LogP contribution in [0.1, 0.15) is 30.3 Å². The van der Waals surface area contributed by atoms with Crippen LogP contribution >= 0.6 is 0 Å². The highest BCUT2D eigenvalue weighted by atomic mass is 16.2. The standard InChI is InChI=1S/C11H19N5O/c1-11(3-5-12-6-4-11)8-13-10(17)9-7-16(2)15-14-9/h7,12H,3-6,8H2,1-2H3,(H,13,17). The number of nitrogens with one attached hydrogen (secondary N) is 2. The Morgan fingerprint density at radius 2 is 2.29 bits per heavy atom. The van der Waals surface area contributed by atoms with Gasteiger partial charge in [0.2, 0.25) is 0 Å². The number of carbonyl (C=O) groups is 1. The minimum absolute atomic E-state index is 0.141. The number of rotatable bonds is 3. The van der Waals surface area contributed by atoms with Gasteiger partial charge in [0, 0.05) is 13.6 Å². The van der Waals surface area contributed by atoms with E-state index in [9.17, 15) is 4.79 Å². The summed E-state index contributed by atoms with van der Waals surface area (Å²) in [6.45, 7) is 4.96. The number of amides is 1. The zero-order chi connectivity index (χ0) is 12.3. The van der Waals surface area contributed by atoms with Crippen LogP contribution in [0, 0.1) is 5.41 Å². The van der Waals surface area contributed by atoms with Gasteiger partial charge in [-0.15, -0.1) is 5.10 Å². The van der Waals surface area contributed by atoms with Crippen molar-refractivity contribution in [1.29, 1.82) is 0 Å². The lowest BCUT2D eigenvalue weighted by Crippen LogP contribution is -2.43. The summed E-state index contributed by atoms with van der Waals surface area (Å²) in [6.07, 6.45) is 3.81. The van der Waals surface area contributed by atoms with E-state index in [1.165, 1.54) is 4.68 Å². The van der Waals surface area contributed by atoms with Crippen molar-refractivity contribution in [1.82, 2.24) is 25.6 Å². The maximum atomic E-state index is 11.8. The first kappa shape index (κ1) is 12.0. The van der Waals surface area contributed by atoms with Gasteiger partial charge >= 0.3 is 0 Å². The van der Waals surface area contributed by atoms with Gasteiger partial charge in [-0.1, -0.05) is 12.1 Å². The van der Waals surface area contributed by atoms with Gasteiger partial charge in [0.05, 0.1) is 6.20 Å². The van der Waals surface area contributed by atoms with Gasteiger partial charge in [0.1, 0.15) is 0 Å². The van der Waals surface area contributed by atoms with E-state index in [1.807, 2.05) is 0 Å². The third-order valence-corrected chi connectivity index (χ3v) is 3.32. The fraction of sp³-hybridized carbons (Fsp3) is 0.727. The Hall–Kier alpha value is -1.43. The molecule has 0 aliphatic carbocycles. The van der Waals surface area contributed by atoms with Crippen LogP contribution in [0.15, 0.2) is 6.20 Å². The molecule has 1 fully saturated rings. The number of piperidine rings is 1. The molecule has 0 radical (unpaired) electrons. The summed E-state index contributed by atoms with van der Waals surface area (Å²) < 4.78 is 1.53. The monoisotopic (exact) mass is 237 g/mol. The maximum Gasteiger partial charge on any atom is 0.273 e. The lowest BCUT2D eigenvalue weighted by Gasteiger charge is -2.33. The lowest BCUT2D eigenvalue weighted by atomic mass is 9.81. The fourth-order valence-corrected chi connectivity index (χ4v) is 2.04. The van der Waals surface area contributed by atoms with Gasteiger partial charge in [-0.25, -0.2) is 0 Å². The van der Waals surface area contributed by atoms with Gasteiger partial charge in [-0.3, -0.25) is 9.48 Å². The zero-order valence-corrected chi connectivity index (χ0v) is 10.4. The quantitative estimate of drug-likeness (QED) is 0.772. The average Bonchev–Trinajstić information content (AvgIpc) is 2.74. The molecule has 0 aromatic carbocycles. The van der Waals surface area contributed by atoms with Crippen molar-refractivity contribution < 1.29 is 4.79 Å². The number of nitrogens with zero attached hydrogens (tertiary/aromatic N) is 3. The molecule has 2 rings (SSSR count). The van der Waals surface area contributed by atoms with Crippen molar-refractivity contribution in [2.45, 2.75) is 19.8 Å². The first-order valence-electron chi connectivity index (χ1n) is 5.94. The van der Waals surface area contributed by atoms with Crippen LogP contribution in [0.4, 0.5) is 0 Å². The number of aryl methyl sites for hydroxylation is 1. The minimum Gasteiger partial charge on any atom is -0.350 e. The van der Waals surface area contributed by atoms with Crippen molar-refractivity contribution in [3.8, 4) is 0 Å². The molecule has 2 N–H and O–H groups in total. The predicted octanol–water partition coefficient (Wildman–Crippen LogP) is -0.0654. The Balaban J connectivity index is 1.87. The van der Waals surface area contributed by atoms with E-state index in [1.54, 1.807) is 13.2 Å². The second kappa shape index (κ2) is 4.83. The number of hydrogen-bond acceptors (Lipinski definition) is 4. The molecule has 0 unspecified atom stereocenters. The number of carbonyl (C=O) groups excluding carboxylic acids is 1. The molecule has 6 nitrogen and oxygen atoms in total. The molecule has 1 amide bonds. The summed E-state index contributed by atoms with van der Waals surface area (Å²) in [5.41, 5.74) is 0.577. The molecule has 1 aliphatic rings. The second-order valence-electron chi connectivity index (χ2n) is 5.02. The van der Waals surface area contributed by atoms with E-state index in [0.717, 1.165) is 25.9 Å². The third-order valence-electron chi connectivity index (χ3n) is 3.32. The Morgan fingerprint density at radius 1 is 1.59 bits per heavy atom. The first-order chi connectivity index (χ1) is 8.09. The van der Waals surface area contributed by atoms with Crippen LogP contribution in [0.3, 0.4) is 0 Å². The van der Waals surface area contributed by atoms with E-state index in [0.29, 0.717) is 12.2 Å². The van der Waals surface area contributed by atoms with Crippen molar-refractivity contribution in [2.75, 3.05) is 19.6 Å². The Labute approximate surface area is 101 Å². The first-order valence-corrected chi connectivity index (χ1v) is 5.94. The Morgan fingerprint density at radius 3 is 2.88 bits per heavy atom. The Bertz CT molecular complexity index is 394. The van der Waals surface area contributed by atoms with Gasteiger partial charge in [-0.2, -0.15) is 0 Å². The molecule has 0 spiro atoms. The number of hydrogen-bond donors (Lipinski definition) is 2. The molecule has 1 aromatic heterocycles. The molecule has 94 valence electrons. The van der Waals surface area contributed by atoms with Crippen molar-refractivity contribution in [3.63, 3.8) is 0 Å². The molecular weight excluding hydrogens is 218 g/mol. The summed E-state index contributed by atoms with van der Waals surface area (Å²) in [7, 11) is 1.75. The van der Waals surface area contributed by atoms with Crippen LogP contribution in [0.25, 0.3) is 0 Å². The Kier molecular flexibility index (Phi) is 3.42. The smallest absolute Gasteiger partial charge is 0.273 e. The van der Waals surface area contributed by atoms with Crippen molar-refractivity contribution in [3.05, 3.63) is 11.9 Å². The predicted molar refractivity (Wildman–Crippen MR) is 63.5 cm³/mol. The van der Waals surface area contributed by atoms with Crippen LogP contribution in [0.5, 0.6) is 0 Å². The molecule has 1 saturated heterocycles. The second-order valence-corrected chi connectivity index (χ2v) is 5.02. The maximum absolute atomic E-state index is 11.8. The SMILES string of the molecule is Cn1cc(C(=O)NCC2(C)CCNCC2)nn1. The van der Waals surface area contributed by atoms with Gasteiger partial charge in [-0.05, 0) is 31.3 Å². The van der Waals surface area contributed by atoms with E-state index >= 15 is 0 Å². The summed E-state index contributed by atoms with van der Waals surface area (Å²) >= 11 is 0. The molecule has 17 heavy (non-hydrogen) atoms. The highest BCUT2D eigenvalue weighted by molar-refractivity contribution is 5.91. The van der Waals surface area contributed by atoms with Gasteiger partial charge in [0.15, 0.2) is 5.69 Å². The fourth-order valence-electron chi connectivity index (χ4n) is 2.04. The van der Waals surface area contributed by atoms with E-state index in [-0.39, 0.29) is 11.3 Å². The highest BCUT2D eigenvalue weighted by Crippen LogP contribution is 2.26. The van der Waals surface area contributed by atoms with E-state index < -0.39 is 0 Å². The van der Waals surface area contributed by atoms with Crippen molar-refractivity contribution >= 4 is 5.91 Å². The lowest BCUT2D eigenvalue weighted by molar-refractivity contribution is 0.0917. The molecule has 2 heterocycles. The van der Waals surface area contributed by atoms with Crippen LogP contribution in [-0.4, -0.2) is 40.5 Å². The normalized spacial score (nSPS) is 18.9. The zero-order valence-electron chi connectivity index (χ0n) is 10.4. The molecule has 0 saturated carbocycles. The molecule has 6 heteroatoms. The summed E-state index contributed by atoms with van der Waals surface area (Å²) in [4.78, 5) is 11.8. The van der Waals surface area contributed by atoms with Gasteiger partial charge < -0.3 is 10.6 Å². The molecule has 1 aliphatic heterocycles. The average molecular weight is 237 g/mol. The minimum atomic E-state index is -0.141. The van der Waals surface area contributed by atoms with Crippen LogP contribution in [0.2, 0.25) is 0 Å². The van der Waals surface area contributed by atoms with Crippen molar-refractivity contribution in [2.24, 2.45) is 12.5 Å². The van der Waals surface area contributed by atoms with Crippen LogP contribution < -0.4 is 10.6 Å². The van der Waals surface area contributed by atoms with E-state index in [2.05, 4.69) is 27.9 Å². The van der Waals surface area contributed by atoms with Gasteiger partial charge in [0.25, 0.3) is 5.91 Å². The highest BCUT2D eigenvalue weighted by Gasteiger charge is 2.27. The number of aromatic nitrogens is 3. The third kappa shape index (κ3) is 3.03.